The first-order valence-corrected chi connectivity index (χ1v) is 7.25. The number of carbonyl (C=O) groups is 1. The molecule has 0 radical (unpaired) electrons. The van der Waals surface area contributed by atoms with Gasteiger partial charge in [-0.05, 0) is 37.3 Å². The van der Waals surface area contributed by atoms with E-state index in [-0.39, 0.29) is 11.9 Å². The summed E-state index contributed by atoms with van der Waals surface area (Å²) in [7, 11) is 0. The average Bonchev–Trinajstić information content (AvgIpc) is 3.19. The van der Waals surface area contributed by atoms with Gasteiger partial charge >= 0.3 is 0 Å². The number of amides is 1. The second-order valence-corrected chi connectivity index (χ2v) is 5.50. The van der Waals surface area contributed by atoms with Crippen LogP contribution >= 0.6 is 0 Å². The molecule has 3 rings (SSSR count). The molecule has 0 spiro atoms. The van der Waals surface area contributed by atoms with E-state index in [4.69, 9.17) is 0 Å². The van der Waals surface area contributed by atoms with Crippen molar-refractivity contribution in [2.75, 3.05) is 6.54 Å². The zero-order valence-corrected chi connectivity index (χ0v) is 11.4. The maximum absolute atomic E-state index is 12.3. The van der Waals surface area contributed by atoms with Gasteiger partial charge in [0.05, 0.1) is 18.3 Å². The summed E-state index contributed by atoms with van der Waals surface area (Å²) in [6.07, 6.45) is 6.17. The Bertz CT molecular complexity index is 470. The number of likely N-dealkylation sites (tertiary alicyclic amines) is 1. The van der Waals surface area contributed by atoms with E-state index in [1.807, 2.05) is 17.2 Å². The van der Waals surface area contributed by atoms with Crippen LogP contribution < -0.4 is 5.32 Å². The van der Waals surface area contributed by atoms with Gasteiger partial charge in [0, 0.05) is 18.8 Å². The highest BCUT2D eigenvalue weighted by molar-refractivity contribution is 5.84. The smallest absolute Gasteiger partial charge is 0.240 e. The summed E-state index contributed by atoms with van der Waals surface area (Å²) >= 11 is 0. The molecule has 1 aromatic heterocycles. The average molecular weight is 259 g/mol. The molecule has 4 nitrogen and oxygen atoms in total. The predicted molar refractivity (Wildman–Crippen MR) is 73.6 cm³/mol. The quantitative estimate of drug-likeness (QED) is 0.871. The predicted octanol–water partition coefficient (Wildman–Crippen LogP) is 1.50. The summed E-state index contributed by atoms with van der Waals surface area (Å²) in [6.45, 7) is 3.64. The number of aryl methyl sites for hydroxylation is 1. The lowest BCUT2D eigenvalue weighted by atomic mass is 10.1. The van der Waals surface area contributed by atoms with Gasteiger partial charge < -0.3 is 10.2 Å². The second kappa shape index (κ2) is 5.29. The van der Waals surface area contributed by atoms with Crippen molar-refractivity contribution in [3.05, 3.63) is 29.6 Å². The minimum atomic E-state index is 0.0429. The second-order valence-electron chi connectivity index (χ2n) is 5.50. The highest BCUT2D eigenvalue weighted by Gasteiger charge is 2.35. The summed E-state index contributed by atoms with van der Waals surface area (Å²) in [5.41, 5.74) is 2.29. The van der Waals surface area contributed by atoms with Crippen molar-refractivity contribution in [2.45, 2.75) is 51.2 Å². The Morgan fingerprint density at radius 3 is 3.00 bits per heavy atom. The third kappa shape index (κ3) is 2.78. The van der Waals surface area contributed by atoms with E-state index in [0.717, 1.165) is 25.1 Å². The van der Waals surface area contributed by atoms with Gasteiger partial charge in [0.25, 0.3) is 0 Å². The number of aromatic nitrogens is 1. The first-order chi connectivity index (χ1) is 9.28. The number of hydrogen-bond donors (Lipinski definition) is 1. The third-order valence-corrected chi connectivity index (χ3v) is 4.02. The van der Waals surface area contributed by atoms with Crippen LogP contribution in [0.15, 0.2) is 18.3 Å². The van der Waals surface area contributed by atoms with E-state index in [2.05, 4.69) is 23.3 Å². The molecule has 2 fully saturated rings. The van der Waals surface area contributed by atoms with Gasteiger partial charge in [-0.1, -0.05) is 13.0 Å². The van der Waals surface area contributed by atoms with E-state index < -0.39 is 0 Å². The van der Waals surface area contributed by atoms with Crippen LogP contribution in [0.2, 0.25) is 0 Å². The van der Waals surface area contributed by atoms with Gasteiger partial charge in [0.1, 0.15) is 0 Å². The van der Waals surface area contributed by atoms with Gasteiger partial charge in [-0.3, -0.25) is 9.78 Å². The lowest BCUT2D eigenvalue weighted by Gasteiger charge is -2.18. The molecule has 2 aliphatic rings. The van der Waals surface area contributed by atoms with Crippen molar-refractivity contribution in [1.29, 1.82) is 0 Å². The molecule has 4 heteroatoms. The van der Waals surface area contributed by atoms with Crippen LogP contribution in [0.25, 0.3) is 0 Å². The van der Waals surface area contributed by atoms with Crippen molar-refractivity contribution >= 4 is 5.91 Å². The first kappa shape index (κ1) is 12.6. The van der Waals surface area contributed by atoms with E-state index in [9.17, 15) is 4.79 Å². The Morgan fingerprint density at radius 1 is 1.42 bits per heavy atom. The van der Waals surface area contributed by atoms with Gasteiger partial charge in [-0.15, -0.1) is 0 Å². The maximum Gasteiger partial charge on any atom is 0.240 e. The maximum atomic E-state index is 12.3. The fraction of sp³-hybridized carbons (Fsp3) is 0.600. The molecule has 1 aromatic rings. The van der Waals surface area contributed by atoms with Gasteiger partial charge in [-0.25, -0.2) is 0 Å². The lowest BCUT2D eigenvalue weighted by molar-refractivity contribution is -0.130. The number of nitrogens with zero attached hydrogens (tertiary/aromatic N) is 2. The van der Waals surface area contributed by atoms with Crippen molar-refractivity contribution in [2.24, 2.45) is 0 Å². The molecule has 102 valence electrons. The highest BCUT2D eigenvalue weighted by Crippen LogP contribution is 2.23. The van der Waals surface area contributed by atoms with Crippen LogP contribution in [-0.4, -0.2) is 34.4 Å². The summed E-state index contributed by atoms with van der Waals surface area (Å²) in [5.74, 6) is 0.250. The molecule has 0 bridgehead atoms. The monoisotopic (exact) mass is 259 g/mol. The van der Waals surface area contributed by atoms with E-state index in [0.29, 0.717) is 12.6 Å². The van der Waals surface area contributed by atoms with Crippen molar-refractivity contribution in [1.82, 2.24) is 15.2 Å². The summed E-state index contributed by atoms with van der Waals surface area (Å²) in [4.78, 5) is 18.7. The first-order valence-electron chi connectivity index (χ1n) is 7.25. The molecule has 1 saturated carbocycles. The Morgan fingerprint density at radius 2 is 2.26 bits per heavy atom. The van der Waals surface area contributed by atoms with Crippen LogP contribution in [0, 0.1) is 0 Å². The molecule has 1 amide bonds. The highest BCUT2D eigenvalue weighted by atomic mass is 16.2. The van der Waals surface area contributed by atoms with E-state index in [1.54, 1.807) is 0 Å². The molecule has 1 aliphatic heterocycles. The number of carbonyl (C=O) groups excluding carboxylic acids is 1. The molecular formula is C15H21N3O. The van der Waals surface area contributed by atoms with E-state index in [1.165, 1.54) is 18.4 Å². The Balaban J connectivity index is 1.65. The molecule has 1 atom stereocenters. The molecule has 0 aromatic carbocycles. The topological polar surface area (TPSA) is 45.2 Å². The largest absolute Gasteiger partial charge is 0.335 e. The van der Waals surface area contributed by atoms with Gasteiger partial charge in [0.15, 0.2) is 0 Å². The molecule has 1 unspecified atom stereocenters. The minimum absolute atomic E-state index is 0.0429. The molecule has 1 saturated heterocycles. The summed E-state index contributed by atoms with van der Waals surface area (Å²) < 4.78 is 0. The van der Waals surface area contributed by atoms with Crippen molar-refractivity contribution in [3.8, 4) is 0 Å². The van der Waals surface area contributed by atoms with Crippen LogP contribution in [-0.2, 0) is 17.8 Å². The summed E-state index contributed by atoms with van der Waals surface area (Å²) in [6, 6.07) is 4.70. The standard InChI is InChI=1S/C15H21N3O/c1-2-11-4-3-8-16-14(11)10-18-9-7-13(15(18)19)17-12-5-6-12/h3-4,8,12-13,17H,2,5-7,9-10H2,1H3. The van der Waals surface area contributed by atoms with Crippen molar-refractivity contribution in [3.63, 3.8) is 0 Å². The Labute approximate surface area is 114 Å². The fourth-order valence-corrected chi connectivity index (χ4v) is 2.70. The number of nitrogens with one attached hydrogen (secondary N) is 1. The zero-order valence-electron chi connectivity index (χ0n) is 11.4. The zero-order chi connectivity index (χ0) is 13.2. The van der Waals surface area contributed by atoms with Crippen LogP contribution in [0.5, 0.6) is 0 Å². The van der Waals surface area contributed by atoms with Crippen LogP contribution in [0.4, 0.5) is 0 Å². The molecule has 19 heavy (non-hydrogen) atoms. The Kier molecular flexibility index (Phi) is 3.51. The SMILES string of the molecule is CCc1cccnc1CN1CCC(NC2CC2)C1=O. The fourth-order valence-electron chi connectivity index (χ4n) is 2.70. The Hall–Kier alpha value is -1.42. The van der Waals surface area contributed by atoms with Crippen LogP contribution in [0.3, 0.4) is 0 Å². The molecular weight excluding hydrogens is 238 g/mol. The lowest BCUT2D eigenvalue weighted by Crippen LogP contribution is -2.39. The molecule has 1 N–H and O–H groups in total. The normalized spacial score (nSPS) is 23.1. The third-order valence-electron chi connectivity index (χ3n) is 4.02. The minimum Gasteiger partial charge on any atom is -0.335 e. The van der Waals surface area contributed by atoms with Crippen molar-refractivity contribution < 1.29 is 4.79 Å². The number of hydrogen-bond acceptors (Lipinski definition) is 3. The van der Waals surface area contributed by atoms with Crippen LogP contribution in [0.1, 0.15) is 37.4 Å². The molecule has 2 heterocycles. The molecule has 1 aliphatic carbocycles. The van der Waals surface area contributed by atoms with Gasteiger partial charge in [0.2, 0.25) is 5.91 Å². The van der Waals surface area contributed by atoms with Gasteiger partial charge in [-0.2, -0.15) is 0 Å². The van der Waals surface area contributed by atoms with E-state index >= 15 is 0 Å². The number of pyridine rings is 1. The summed E-state index contributed by atoms with van der Waals surface area (Å²) in [5, 5.41) is 3.44. The number of rotatable bonds is 5.